The second-order valence-corrected chi connectivity index (χ2v) is 5.15. The number of rotatable bonds is 4. The Morgan fingerprint density at radius 1 is 1.60 bits per heavy atom. The second kappa shape index (κ2) is 5.22. The van der Waals surface area contributed by atoms with Gasteiger partial charge in [-0.2, -0.15) is 0 Å². The molecule has 0 fully saturated rings. The van der Waals surface area contributed by atoms with Gasteiger partial charge in [0.15, 0.2) is 0 Å². The molecule has 4 N–H and O–H groups in total. The number of hydrogen-bond acceptors (Lipinski definition) is 4. The van der Waals surface area contributed by atoms with Gasteiger partial charge < -0.3 is 15.8 Å². The van der Waals surface area contributed by atoms with Crippen LogP contribution in [0.4, 0.5) is 0 Å². The summed E-state index contributed by atoms with van der Waals surface area (Å²) in [5, 5.41) is 9.55. The molecule has 2 rings (SSSR count). The number of carbonyl (C=O) groups is 1. The highest BCUT2D eigenvalue weighted by Crippen LogP contribution is 2.37. The second-order valence-electron chi connectivity index (χ2n) is 5.15. The number of allylic oxidation sites excluding steroid dienone is 2. The first-order chi connectivity index (χ1) is 9.41. The first kappa shape index (κ1) is 14.5. The average Bonchev–Trinajstić information content (AvgIpc) is 2.92. The van der Waals surface area contributed by atoms with Crippen LogP contribution in [0, 0.1) is 5.92 Å². The van der Waals surface area contributed by atoms with Gasteiger partial charge in [0, 0.05) is 0 Å². The molecule has 6 heteroatoms. The van der Waals surface area contributed by atoms with Gasteiger partial charge in [-0.1, -0.05) is 19.1 Å². The molecule has 0 aromatic carbocycles. The molecular weight excluding hydrogens is 256 g/mol. The number of nitrogens with one attached hydrogen (secondary N) is 1. The number of carboxylic acid groups (broad SMARTS) is 1. The van der Waals surface area contributed by atoms with E-state index in [9.17, 15) is 9.90 Å². The lowest BCUT2D eigenvalue weighted by atomic mass is 9.77. The Labute approximate surface area is 118 Å². The molecule has 6 nitrogen and oxygen atoms in total. The third-order valence-electron chi connectivity index (χ3n) is 3.86. The van der Waals surface area contributed by atoms with E-state index in [1.807, 2.05) is 13.0 Å². The fraction of sp³-hybridized carbons (Fsp3) is 0.429. The SMILES string of the molecule is CCC1=CC(c2cnc[nH]2)=CC(C(=O)O)C1(N)N(C)C. The van der Waals surface area contributed by atoms with E-state index >= 15 is 0 Å². The van der Waals surface area contributed by atoms with Crippen molar-refractivity contribution in [3.05, 3.63) is 35.9 Å². The lowest BCUT2D eigenvalue weighted by molar-refractivity contribution is -0.143. The third-order valence-corrected chi connectivity index (χ3v) is 3.86. The Kier molecular flexibility index (Phi) is 3.78. The number of carboxylic acids is 1. The number of H-pyrrole nitrogens is 1. The highest BCUT2D eigenvalue weighted by Gasteiger charge is 2.45. The number of aromatic nitrogens is 2. The molecule has 1 heterocycles. The van der Waals surface area contributed by atoms with Crippen LogP contribution in [0.1, 0.15) is 19.0 Å². The van der Waals surface area contributed by atoms with Gasteiger partial charge in [0.2, 0.25) is 0 Å². The lowest BCUT2D eigenvalue weighted by Gasteiger charge is -2.43. The van der Waals surface area contributed by atoms with Crippen LogP contribution in [-0.4, -0.2) is 45.7 Å². The van der Waals surface area contributed by atoms with E-state index in [0.29, 0.717) is 6.42 Å². The van der Waals surface area contributed by atoms with Crippen molar-refractivity contribution >= 4 is 11.5 Å². The Bertz CT molecular complexity index is 560. The molecule has 2 atom stereocenters. The number of likely N-dealkylation sites (N-methyl/N-ethyl adjacent to an activating group) is 1. The molecule has 0 saturated carbocycles. The van der Waals surface area contributed by atoms with Gasteiger partial charge in [0.1, 0.15) is 11.6 Å². The summed E-state index contributed by atoms with van der Waals surface area (Å²) in [6.45, 7) is 1.98. The highest BCUT2D eigenvalue weighted by atomic mass is 16.4. The van der Waals surface area contributed by atoms with Gasteiger partial charge in [0.05, 0.1) is 18.2 Å². The van der Waals surface area contributed by atoms with Crippen LogP contribution in [0.3, 0.4) is 0 Å². The summed E-state index contributed by atoms with van der Waals surface area (Å²) in [5.74, 6) is -1.74. The van der Waals surface area contributed by atoms with Gasteiger partial charge >= 0.3 is 5.97 Å². The Hall–Kier alpha value is -1.92. The first-order valence-corrected chi connectivity index (χ1v) is 6.52. The molecule has 1 aliphatic rings. The van der Waals surface area contributed by atoms with Crippen molar-refractivity contribution in [2.24, 2.45) is 11.7 Å². The fourth-order valence-corrected chi connectivity index (χ4v) is 2.65. The Morgan fingerprint density at radius 3 is 2.75 bits per heavy atom. The summed E-state index contributed by atoms with van der Waals surface area (Å²) in [4.78, 5) is 20.4. The smallest absolute Gasteiger partial charge is 0.314 e. The van der Waals surface area contributed by atoms with Crippen molar-refractivity contribution in [3.8, 4) is 0 Å². The summed E-state index contributed by atoms with van der Waals surface area (Å²) in [7, 11) is 3.60. The van der Waals surface area contributed by atoms with Gasteiger partial charge in [-0.05, 0) is 31.7 Å². The maximum atomic E-state index is 11.6. The number of imidazole rings is 1. The van der Waals surface area contributed by atoms with Crippen molar-refractivity contribution in [1.29, 1.82) is 0 Å². The van der Waals surface area contributed by atoms with Gasteiger partial charge in [-0.25, -0.2) is 4.98 Å². The summed E-state index contributed by atoms with van der Waals surface area (Å²) in [6, 6.07) is 0. The van der Waals surface area contributed by atoms with Gasteiger partial charge in [0.25, 0.3) is 0 Å². The van der Waals surface area contributed by atoms with E-state index in [2.05, 4.69) is 9.97 Å². The predicted molar refractivity (Wildman–Crippen MR) is 76.7 cm³/mol. The van der Waals surface area contributed by atoms with Crippen molar-refractivity contribution in [1.82, 2.24) is 14.9 Å². The molecule has 0 amide bonds. The van der Waals surface area contributed by atoms with Crippen LogP contribution in [0.25, 0.3) is 5.57 Å². The van der Waals surface area contributed by atoms with Crippen LogP contribution in [-0.2, 0) is 4.79 Å². The monoisotopic (exact) mass is 276 g/mol. The standard InChI is InChI=1S/C14H20N4O2/c1-4-10-5-9(12-7-16-8-17-12)6-11(13(19)20)14(10,15)18(2)3/h5-8,11H,4,15H2,1-3H3,(H,16,17)(H,19,20). The molecule has 20 heavy (non-hydrogen) atoms. The number of hydrogen-bond donors (Lipinski definition) is 3. The molecule has 108 valence electrons. The van der Waals surface area contributed by atoms with Gasteiger partial charge in [-0.3, -0.25) is 9.69 Å². The maximum Gasteiger partial charge on any atom is 0.314 e. The average molecular weight is 276 g/mol. The molecule has 2 unspecified atom stereocenters. The molecule has 1 aromatic rings. The van der Waals surface area contributed by atoms with E-state index < -0.39 is 17.6 Å². The van der Waals surface area contributed by atoms with Crippen LogP contribution in [0.2, 0.25) is 0 Å². The first-order valence-electron chi connectivity index (χ1n) is 6.52. The predicted octanol–water partition coefficient (Wildman–Crippen LogP) is 1.06. The Balaban J connectivity index is 2.56. The minimum atomic E-state index is -1.01. The minimum absolute atomic E-state index is 0.684. The highest BCUT2D eigenvalue weighted by molar-refractivity contribution is 5.84. The minimum Gasteiger partial charge on any atom is -0.481 e. The number of nitrogens with two attached hydrogens (primary N) is 1. The summed E-state index contributed by atoms with van der Waals surface area (Å²) in [5.41, 5.74) is 7.91. The van der Waals surface area contributed by atoms with E-state index in [0.717, 1.165) is 16.8 Å². The zero-order chi connectivity index (χ0) is 14.9. The van der Waals surface area contributed by atoms with E-state index in [1.54, 1.807) is 37.6 Å². The zero-order valence-corrected chi connectivity index (χ0v) is 11.9. The summed E-state index contributed by atoms with van der Waals surface area (Å²) < 4.78 is 0. The van der Waals surface area contributed by atoms with Crippen molar-refractivity contribution in [2.45, 2.75) is 19.0 Å². The molecule has 0 spiro atoms. The number of nitrogens with zero attached hydrogens (tertiary/aromatic N) is 2. The van der Waals surface area contributed by atoms with Crippen LogP contribution >= 0.6 is 0 Å². The molecule has 0 saturated heterocycles. The summed E-state index contributed by atoms with van der Waals surface area (Å²) in [6.07, 6.45) is 7.57. The van der Waals surface area contributed by atoms with E-state index in [-0.39, 0.29) is 0 Å². The zero-order valence-electron chi connectivity index (χ0n) is 11.9. The number of aromatic amines is 1. The van der Waals surface area contributed by atoms with Crippen molar-refractivity contribution in [3.63, 3.8) is 0 Å². The van der Waals surface area contributed by atoms with E-state index in [1.165, 1.54) is 0 Å². The van der Waals surface area contributed by atoms with E-state index in [4.69, 9.17) is 5.73 Å². The van der Waals surface area contributed by atoms with Crippen molar-refractivity contribution in [2.75, 3.05) is 14.1 Å². The maximum absolute atomic E-state index is 11.6. The number of aliphatic carboxylic acids is 1. The molecule has 0 aliphatic heterocycles. The Morgan fingerprint density at radius 2 is 2.30 bits per heavy atom. The fourth-order valence-electron chi connectivity index (χ4n) is 2.65. The topological polar surface area (TPSA) is 95.2 Å². The quantitative estimate of drug-likeness (QED) is 0.715. The van der Waals surface area contributed by atoms with Gasteiger partial charge in [-0.15, -0.1) is 0 Å². The normalized spacial score (nSPS) is 26.4. The molecule has 0 bridgehead atoms. The summed E-state index contributed by atoms with van der Waals surface area (Å²) >= 11 is 0. The molecular formula is C14H20N4O2. The third kappa shape index (κ3) is 2.17. The van der Waals surface area contributed by atoms with Crippen LogP contribution in [0.5, 0.6) is 0 Å². The largest absolute Gasteiger partial charge is 0.481 e. The lowest BCUT2D eigenvalue weighted by Crippen LogP contribution is -2.61. The van der Waals surface area contributed by atoms with Crippen LogP contribution < -0.4 is 5.73 Å². The molecule has 1 aliphatic carbocycles. The molecule has 1 aromatic heterocycles. The van der Waals surface area contributed by atoms with Crippen molar-refractivity contribution < 1.29 is 9.90 Å². The molecule has 0 radical (unpaired) electrons. The van der Waals surface area contributed by atoms with Crippen LogP contribution in [0.15, 0.2) is 30.2 Å².